The van der Waals surface area contributed by atoms with Crippen LogP contribution < -0.4 is 5.32 Å². The molecule has 45 heavy (non-hydrogen) atoms. The molecule has 1 aliphatic rings. The van der Waals surface area contributed by atoms with E-state index >= 15 is 0 Å². The second-order valence-corrected chi connectivity index (χ2v) is 11.8. The van der Waals surface area contributed by atoms with E-state index in [1.807, 2.05) is 54.6 Å². The molecule has 0 radical (unpaired) electrons. The topological polar surface area (TPSA) is 108 Å². The van der Waals surface area contributed by atoms with Crippen molar-refractivity contribution in [3.05, 3.63) is 108 Å². The maximum Gasteiger partial charge on any atom is 0.303 e. The molecule has 0 bridgehead atoms. The fourth-order valence-corrected chi connectivity index (χ4v) is 5.57. The third kappa shape index (κ3) is 10.9. The molecule has 0 aromatic heterocycles. The summed E-state index contributed by atoms with van der Waals surface area (Å²) < 4.78 is 13.0. The molecule has 240 valence electrons. The largest absolute Gasteiger partial charge is 0.481 e. The zero-order valence-electron chi connectivity index (χ0n) is 26.2. The molecule has 3 atom stereocenters. The van der Waals surface area contributed by atoms with Crippen molar-refractivity contribution < 1.29 is 29.3 Å². The molecule has 1 amide bonds. The summed E-state index contributed by atoms with van der Waals surface area (Å²) in [5, 5.41) is 21.2. The van der Waals surface area contributed by atoms with Crippen molar-refractivity contribution in [1.82, 2.24) is 10.2 Å². The predicted molar refractivity (Wildman–Crippen MR) is 175 cm³/mol. The van der Waals surface area contributed by atoms with Crippen molar-refractivity contribution in [1.29, 1.82) is 0 Å². The summed E-state index contributed by atoms with van der Waals surface area (Å²) in [6, 6.07) is 24.3. The van der Waals surface area contributed by atoms with Gasteiger partial charge in [-0.1, -0.05) is 85.6 Å². The van der Waals surface area contributed by atoms with Crippen LogP contribution in [0.25, 0.3) is 11.1 Å². The van der Waals surface area contributed by atoms with Gasteiger partial charge in [0.2, 0.25) is 5.91 Å². The third-order valence-corrected chi connectivity index (χ3v) is 8.05. The summed E-state index contributed by atoms with van der Waals surface area (Å²) >= 11 is 0. The Labute approximate surface area is 266 Å². The Morgan fingerprint density at radius 3 is 2.31 bits per heavy atom. The predicted octanol–water partition coefficient (Wildman–Crippen LogP) is 6.55. The zero-order chi connectivity index (χ0) is 32.0. The van der Waals surface area contributed by atoms with Crippen LogP contribution >= 0.6 is 0 Å². The molecular weight excluding hydrogens is 568 g/mol. The van der Waals surface area contributed by atoms with Gasteiger partial charge in [0.05, 0.1) is 18.8 Å². The number of aliphatic hydroxyl groups is 1. The number of ether oxygens (including phenoxy) is 2. The van der Waals surface area contributed by atoms with Gasteiger partial charge >= 0.3 is 5.97 Å². The number of hydrogen-bond donors (Lipinski definition) is 3. The van der Waals surface area contributed by atoms with Gasteiger partial charge in [-0.25, -0.2) is 0 Å². The van der Waals surface area contributed by atoms with Crippen molar-refractivity contribution >= 4 is 11.9 Å². The van der Waals surface area contributed by atoms with Crippen LogP contribution in [0.2, 0.25) is 0 Å². The van der Waals surface area contributed by atoms with Gasteiger partial charge in [0, 0.05) is 44.5 Å². The number of benzene rings is 3. The number of unbranched alkanes of at least 4 members (excludes halogenated alkanes) is 3. The van der Waals surface area contributed by atoms with Crippen LogP contribution in [0.1, 0.15) is 79.6 Å². The first-order chi connectivity index (χ1) is 21.8. The first kappa shape index (κ1) is 34.1. The lowest BCUT2D eigenvalue weighted by atomic mass is 9.99. The molecule has 3 aromatic carbocycles. The molecule has 1 fully saturated rings. The molecule has 0 aliphatic carbocycles. The summed E-state index contributed by atoms with van der Waals surface area (Å²) in [6.07, 6.45) is 5.66. The van der Waals surface area contributed by atoms with Crippen LogP contribution in [0.5, 0.6) is 0 Å². The lowest BCUT2D eigenvalue weighted by Gasteiger charge is -2.37. The van der Waals surface area contributed by atoms with Crippen LogP contribution in [0.4, 0.5) is 0 Å². The average Bonchev–Trinajstić information content (AvgIpc) is 3.05. The number of hydrogen-bond acceptors (Lipinski definition) is 6. The number of likely N-dealkylation sites (N-methyl/N-ethyl adjacent to an activating group) is 1. The van der Waals surface area contributed by atoms with E-state index in [1.165, 1.54) is 0 Å². The minimum absolute atomic E-state index is 0.00658. The Morgan fingerprint density at radius 2 is 1.62 bits per heavy atom. The van der Waals surface area contributed by atoms with Crippen LogP contribution in [0, 0.1) is 0 Å². The molecule has 4 rings (SSSR count). The molecule has 3 N–H and O–H groups in total. The number of aliphatic hydroxyl groups excluding tert-OH is 1. The highest BCUT2D eigenvalue weighted by molar-refractivity contribution is 5.76. The van der Waals surface area contributed by atoms with Gasteiger partial charge in [-0.3, -0.25) is 9.59 Å². The van der Waals surface area contributed by atoms with Crippen molar-refractivity contribution in [3.8, 4) is 11.1 Å². The molecule has 1 saturated heterocycles. The fraction of sp³-hybridized carbons (Fsp3) is 0.405. The summed E-state index contributed by atoms with van der Waals surface area (Å²) in [5.74, 6) is -0.766. The van der Waals surface area contributed by atoms with Gasteiger partial charge in [-0.2, -0.15) is 0 Å². The highest BCUT2D eigenvalue weighted by Gasteiger charge is 2.32. The lowest BCUT2D eigenvalue weighted by molar-refractivity contribution is -0.252. The maximum absolute atomic E-state index is 12.3. The van der Waals surface area contributed by atoms with E-state index in [9.17, 15) is 14.7 Å². The molecular formula is C37H46N2O6. The maximum atomic E-state index is 12.3. The minimum atomic E-state index is -0.772. The zero-order valence-corrected chi connectivity index (χ0v) is 26.2. The van der Waals surface area contributed by atoms with Gasteiger partial charge in [0.1, 0.15) is 0 Å². The third-order valence-electron chi connectivity index (χ3n) is 8.05. The fourth-order valence-electron chi connectivity index (χ4n) is 5.57. The van der Waals surface area contributed by atoms with E-state index in [0.29, 0.717) is 19.4 Å². The van der Waals surface area contributed by atoms with E-state index in [2.05, 4.69) is 48.1 Å². The normalized spacial score (nSPS) is 18.1. The standard InChI is InChI=1S/C37H46N2O6/c1-3-21-39(2)25-33-23-34(30-15-13-27(26-40)14-16-30)45-37(44-33)31-19-17-29(18-20-31)32-10-8-9-28(22-32)24-38-35(41)11-6-4-5-7-12-36(42)43/h3,8-10,13-20,22,33-34,37,40H,1,4-7,11-12,21,23-26H2,2H3,(H,38,41)(H,42,43)/t33-,34+,37+/m0/s1. The summed E-state index contributed by atoms with van der Waals surface area (Å²) in [4.78, 5) is 25.1. The number of carboxylic acid groups (broad SMARTS) is 1. The van der Waals surface area contributed by atoms with E-state index in [0.717, 1.165) is 72.2 Å². The molecule has 1 aliphatic heterocycles. The SMILES string of the molecule is C=CCN(C)C[C@@H]1C[C@H](c2ccc(CO)cc2)O[C@H](c2ccc(-c3cccc(CNC(=O)CCCCCCC(=O)O)c3)cc2)O1. The Kier molecular flexibility index (Phi) is 13.3. The number of carbonyl (C=O) groups is 2. The molecule has 8 heteroatoms. The molecule has 0 saturated carbocycles. The van der Waals surface area contributed by atoms with E-state index in [4.69, 9.17) is 14.6 Å². The van der Waals surface area contributed by atoms with Gasteiger partial charge in [-0.05, 0) is 53.8 Å². The molecule has 8 nitrogen and oxygen atoms in total. The molecule has 0 unspecified atom stereocenters. The number of amides is 1. The van der Waals surface area contributed by atoms with Crippen LogP contribution in [-0.4, -0.2) is 53.2 Å². The van der Waals surface area contributed by atoms with E-state index < -0.39 is 12.3 Å². The Hall–Kier alpha value is -3.82. The summed E-state index contributed by atoms with van der Waals surface area (Å²) in [6.45, 7) is 5.85. The average molecular weight is 615 g/mol. The van der Waals surface area contributed by atoms with Gasteiger partial charge < -0.3 is 29.9 Å². The number of nitrogens with one attached hydrogen (secondary N) is 1. The smallest absolute Gasteiger partial charge is 0.303 e. The van der Waals surface area contributed by atoms with Crippen LogP contribution in [0.15, 0.2) is 85.5 Å². The number of carbonyl (C=O) groups excluding carboxylic acids is 1. The number of nitrogens with zero attached hydrogens (tertiary/aromatic N) is 1. The number of rotatable bonds is 17. The quantitative estimate of drug-likeness (QED) is 0.117. The minimum Gasteiger partial charge on any atom is -0.481 e. The van der Waals surface area contributed by atoms with E-state index in [-0.39, 0.29) is 31.1 Å². The van der Waals surface area contributed by atoms with Crippen molar-refractivity contribution in [3.63, 3.8) is 0 Å². The highest BCUT2D eigenvalue weighted by Crippen LogP contribution is 2.38. The summed E-state index contributed by atoms with van der Waals surface area (Å²) in [5.41, 5.74) is 6.01. The highest BCUT2D eigenvalue weighted by atomic mass is 16.7. The van der Waals surface area contributed by atoms with Crippen molar-refractivity contribution in [2.45, 2.75) is 76.6 Å². The Bertz CT molecular complexity index is 1370. The van der Waals surface area contributed by atoms with Crippen molar-refractivity contribution in [2.24, 2.45) is 0 Å². The first-order valence-electron chi connectivity index (χ1n) is 15.8. The summed E-state index contributed by atoms with van der Waals surface area (Å²) in [7, 11) is 2.06. The van der Waals surface area contributed by atoms with Gasteiger partial charge in [-0.15, -0.1) is 6.58 Å². The van der Waals surface area contributed by atoms with Gasteiger partial charge in [0.25, 0.3) is 0 Å². The second-order valence-electron chi connectivity index (χ2n) is 11.8. The monoisotopic (exact) mass is 614 g/mol. The van der Waals surface area contributed by atoms with Gasteiger partial charge in [0.15, 0.2) is 6.29 Å². The van der Waals surface area contributed by atoms with Crippen LogP contribution in [-0.2, 0) is 32.2 Å². The lowest BCUT2D eigenvalue weighted by Crippen LogP contribution is -2.37. The number of carboxylic acids is 1. The molecule has 0 spiro atoms. The second kappa shape index (κ2) is 17.6. The van der Waals surface area contributed by atoms with Crippen molar-refractivity contribution in [2.75, 3.05) is 20.1 Å². The van der Waals surface area contributed by atoms with Crippen LogP contribution in [0.3, 0.4) is 0 Å². The van der Waals surface area contributed by atoms with E-state index in [1.54, 1.807) is 0 Å². The first-order valence-corrected chi connectivity index (χ1v) is 15.8. The Morgan fingerprint density at radius 1 is 0.911 bits per heavy atom. The Balaban J connectivity index is 1.36. The molecule has 1 heterocycles. The molecule has 3 aromatic rings. The number of aliphatic carboxylic acids is 1.